The number of imide groups is 1. The maximum Gasteiger partial charge on any atom is 0.416 e. The van der Waals surface area contributed by atoms with Gasteiger partial charge in [-0.05, 0) is 36.8 Å². The maximum atomic E-state index is 13.1. The SMILES string of the molecule is CCCC1C2C(=O)N(c3cccc(C(F)(F)F)c3)C(=O)C2ON1c1ccccc1. The van der Waals surface area contributed by atoms with Gasteiger partial charge >= 0.3 is 6.18 Å². The first kappa shape index (κ1) is 19.4. The van der Waals surface area contributed by atoms with Crippen LogP contribution in [0.15, 0.2) is 54.6 Å². The van der Waals surface area contributed by atoms with E-state index in [1.165, 1.54) is 12.1 Å². The van der Waals surface area contributed by atoms with Crippen LogP contribution in [0.2, 0.25) is 0 Å². The summed E-state index contributed by atoms with van der Waals surface area (Å²) in [5.41, 5.74) is -0.273. The molecule has 152 valence electrons. The Morgan fingerprint density at radius 1 is 0.966 bits per heavy atom. The fourth-order valence-electron chi connectivity index (χ4n) is 3.99. The van der Waals surface area contributed by atoms with E-state index in [4.69, 9.17) is 4.84 Å². The normalized spacial score (nSPS) is 24.3. The van der Waals surface area contributed by atoms with Gasteiger partial charge in [-0.1, -0.05) is 37.6 Å². The lowest BCUT2D eigenvalue weighted by Gasteiger charge is -2.28. The molecular weight excluding hydrogens is 385 g/mol. The van der Waals surface area contributed by atoms with Crippen LogP contribution in [0.25, 0.3) is 0 Å². The van der Waals surface area contributed by atoms with Gasteiger partial charge in [-0.2, -0.15) is 13.2 Å². The first-order valence-corrected chi connectivity index (χ1v) is 9.39. The number of para-hydroxylation sites is 1. The van der Waals surface area contributed by atoms with Crippen molar-refractivity contribution in [2.24, 2.45) is 5.92 Å². The number of hydrogen-bond acceptors (Lipinski definition) is 4. The van der Waals surface area contributed by atoms with Crippen LogP contribution in [-0.2, 0) is 20.6 Å². The number of rotatable bonds is 4. The third-order valence-electron chi connectivity index (χ3n) is 5.27. The van der Waals surface area contributed by atoms with Crippen molar-refractivity contribution in [2.75, 3.05) is 9.96 Å². The van der Waals surface area contributed by atoms with Gasteiger partial charge in [0.2, 0.25) is 5.91 Å². The summed E-state index contributed by atoms with van der Waals surface area (Å²) in [7, 11) is 0. The molecule has 0 aliphatic carbocycles. The van der Waals surface area contributed by atoms with Crippen LogP contribution in [0, 0.1) is 5.92 Å². The van der Waals surface area contributed by atoms with E-state index in [1.807, 2.05) is 37.3 Å². The predicted molar refractivity (Wildman–Crippen MR) is 99.9 cm³/mol. The number of nitrogens with zero attached hydrogens (tertiary/aromatic N) is 2. The number of carbonyl (C=O) groups excluding carboxylic acids is 2. The zero-order valence-electron chi connectivity index (χ0n) is 15.6. The van der Waals surface area contributed by atoms with Gasteiger partial charge in [0.1, 0.15) is 0 Å². The molecule has 2 heterocycles. The zero-order valence-corrected chi connectivity index (χ0v) is 15.6. The highest BCUT2D eigenvalue weighted by molar-refractivity contribution is 6.23. The summed E-state index contributed by atoms with van der Waals surface area (Å²) in [5.74, 6) is -1.94. The molecule has 0 spiro atoms. The number of hydrogen-bond donors (Lipinski definition) is 0. The van der Waals surface area contributed by atoms with Crippen molar-refractivity contribution < 1.29 is 27.6 Å². The molecule has 5 nitrogen and oxygen atoms in total. The summed E-state index contributed by atoms with van der Waals surface area (Å²) in [5, 5.41) is 1.60. The van der Waals surface area contributed by atoms with E-state index in [2.05, 4.69) is 0 Å². The standard InChI is InChI=1S/C21H19F3N2O3/c1-2-7-16-17-18(29-26(16)14-9-4-3-5-10-14)20(28)25(19(17)27)15-11-6-8-13(12-15)21(22,23)24/h3-6,8-12,16-18H,2,7H2,1H3. The monoisotopic (exact) mass is 404 g/mol. The molecule has 2 amide bonds. The van der Waals surface area contributed by atoms with E-state index in [0.29, 0.717) is 6.42 Å². The minimum Gasteiger partial charge on any atom is -0.273 e. The Bertz CT molecular complexity index is 932. The predicted octanol–water partition coefficient (Wildman–Crippen LogP) is 4.18. The van der Waals surface area contributed by atoms with Gasteiger partial charge in [0.15, 0.2) is 6.10 Å². The maximum absolute atomic E-state index is 13.1. The largest absolute Gasteiger partial charge is 0.416 e. The molecule has 8 heteroatoms. The quantitative estimate of drug-likeness (QED) is 0.718. The van der Waals surface area contributed by atoms with E-state index in [-0.39, 0.29) is 11.7 Å². The molecule has 2 fully saturated rings. The van der Waals surface area contributed by atoms with Crippen LogP contribution in [0.1, 0.15) is 25.3 Å². The zero-order chi connectivity index (χ0) is 20.8. The Labute approximate surface area is 165 Å². The van der Waals surface area contributed by atoms with E-state index in [1.54, 1.807) is 5.06 Å². The fourth-order valence-corrected chi connectivity index (χ4v) is 3.99. The first-order valence-electron chi connectivity index (χ1n) is 9.39. The summed E-state index contributed by atoms with van der Waals surface area (Å²) in [6.45, 7) is 1.96. The van der Waals surface area contributed by atoms with Crippen LogP contribution in [0.3, 0.4) is 0 Å². The fraction of sp³-hybridized carbons (Fsp3) is 0.333. The molecule has 3 unspecified atom stereocenters. The van der Waals surface area contributed by atoms with Gasteiger partial charge in [0.05, 0.1) is 28.9 Å². The molecule has 2 aliphatic heterocycles. The highest BCUT2D eigenvalue weighted by Gasteiger charge is 2.59. The molecule has 0 aromatic heterocycles. The molecular formula is C21H19F3N2O3. The van der Waals surface area contributed by atoms with Crippen molar-refractivity contribution in [1.82, 2.24) is 0 Å². The molecule has 0 radical (unpaired) electrons. The van der Waals surface area contributed by atoms with Gasteiger partial charge in [-0.3, -0.25) is 14.4 Å². The van der Waals surface area contributed by atoms with Gasteiger partial charge in [-0.25, -0.2) is 9.96 Å². The van der Waals surface area contributed by atoms with Crippen molar-refractivity contribution in [1.29, 1.82) is 0 Å². The number of amides is 2. The lowest BCUT2D eigenvalue weighted by Crippen LogP contribution is -2.40. The molecule has 4 rings (SSSR count). The molecule has 2 saturated heterocycles. The molecule has 2 aromatic carbocycles. The van der Waals surface area contributed by atoms with Gasteiger partial charge < -0.3 is 0 Å². The van der Waals surface area contributed by atoms with E-state index in [9.17, 15) is 22.8 Å². The highest BCUT2D eigenvalue weighted by atomic mass is 19.4. The van der Waals surface area contributed by atoms with E-state index in [0.717, 1.165) is 29.1 Å². The summed E-state index contributed by atoms with van der Waals surface area (Å²) < 4.78 is 39.2. The number of benzene rings is 2. The summed E-state index contributed by atoms with van der Waals surface area (Å²) in [6.07, 6.45) is -4.26. The number of fused-ring (bicyclic) bond motifs is 1. The van der Waals surface area contributed by atoms with Crippen molar-refractivity contribution in [3.8, 4) is 0 Å². The lowest BCUT2D eigenvalue weighted by atomic mass is 9.93. The number of hydroxylamine groups is 1. The third-order valence-corrected chi connectivity index (χ3v) is 5.27. The molecule has 29 heavy (non-hydrogen) atoms. The highest BCUT2D eigenvalue weighted by Crippen LogP contribution is 2.42. The Morgan fingerprint density at radius 3 is 2.31 bits per heavy atom. The summed E-state index contributed by atoms with van der Waals surface area (Å²) >= 11 is 0. The minimum atomic E-state index is -4.57. The Hall–Kier alpha value is -2.87. The van der Waals surface area contributed by atoms with Crippen molar-refractivity contribution in [2.45, 2.75) is 38.1 Å². The van der Waals surface area contributed by atoms with Crippen LogP contribution in [0.4, 0.5) is 24.5 Å². The third kappa shape index (κ3) is 3.27. The molecule has 0 N–H and O–H groups in total. The van der Waals surface area contributed by atoms with E-state index >= 15 is 0 Å². The van der Waals surface area contributed by atoms with Crippen molar-refractivity contribution in [3.63, 3.8) is 0 Å². The van der Waals surface area contributed by atoms with Crippen LogP contribution >= 0.6 is 0 Å². The lowest BCUT2D eigenvalue weighted by molar-refractivity contribution is -0.137. The van der Waals surface area contributed by atoms with Crippen LogP contribution in [-0.4, -0.2) is 24.0 Å². The molecule has 3 atom stereocenters. The Balaban J connectivity index is 1.68. The van der Waals surface area contributed by atoms with E-state index < -0.39 is 35.6 Å². The molecule has 2 aliphatic rings. The summed E-state index contributed by atoms with van der Waals surface area (Å²) in [6, 6.07) is 13.0. The van der Waals surface area contributed by atoms with Gasteiger partial charge in [-0.15, -0.1) is 0 Å². The smallest absolute Gasteiger partial charge is 0.273 e. The molecule has 0 bridgehead atoms. The second-order valence-corrected chi connectivity index (χ2v) is 7.13. The average molecular weight is 404 g/mol. The number of halogens is 3. The van der Waals surface area contributed by atoms with Gasteiger partial charge in [0, 0.05) is 0 Å². The molecule has 2 aromatic rings. The van der Waals surface area contributed by atoms with Crippen molar-refractivity contribution >= 4 is 23.2 Å². The van der Waals surface area contributed by atoms with Crippen LogP contribution in [0.5, 0.6) is 0 Å². The summed E-state index contributed by atoms with van der Waals surface area (Å²) in [4.78, 5) is 32.8. The first-order chi connectivity index (χ1) is 13.8. The Morgan fingerprint density at radius 2 is 1.66 bits per heavy atom. The minimum absolute atomic E-state index is 0.0886. The second-order valence-electron chi connectivity index (χ2n) is 7.13. The second kappa shape index (κ2) is 7.18. The van der Waals surface area contributed by atoms with Crippen molar-refractivity contribution in [3.05, 3.63) is 60.2 Å². The van der Waals surface area contributed by atoms with Gasteiger partial charge in [0.25, 0.3) is 5.91 Å². The average Bonchev–Trinajstić information content (AvgIpc) is 3.18. The topological polar surface area (TPSA) is 49.9 Å². The number of alkyl halides is 3. The molecule has 0 saturated carbocycles. The number of carbonyl (C=O) groups is 2. The number of anilines is 2. The Kier molecular flexibility index (Phi) is 4.82. The van der Waals surface area contributed by atoms with Crippen LogP contribution < -0.4 is 9.96 Å².